The van der Waals surface area contributed by atoms with Gasteiger partial charge >= 0.3 is 0 Å². The molecule has 1 N–H and O–H groups in total. The number of amides is 1. The Balaban J connectivity index is 1.52. The van der Waals surface area contributed by atoms with Gasteiger partial charge in [-0.2, -0.15) is 20.0 Å². The van der Waals surface area contributed by atoms with Crippen LogP contribution >= 0.6 is 0 Å². The molecule has 1 fully saturated rings. The summed E-state index contributed by atoms with van der Waals surface area (Å²) in [7, 11) is 0. The highest BCUT2D eigenvalue weighted by atomic mass is 16.5. The number of hydrogen-bond donors (Lipinski definition) is 1. The number of hydrogen-bond acceptors (Lipinski definition) is 6. The lowest BCUT2D eigenvalue weighted by Crippen LogP contribution is -2.43. The highest BCUT2D eigenvalue weighted by molar-refractivity contribution is 5.74. The third kappa shape index (κ3) is 3.22. The summed E-state index contributed by atoms with van der Waals surface area (Å²) in [6.45, 7) is 1.52. The first kappa shape index (κ1) is 16.4. The maximum Gasteiger partial charge on any atom is 0.232 e. The molecule has 1 aromatic carbocycles. The molecule has 0 aliphatic heterocycles. The minimum atomic E-state index is -0.505. The fourth-order valence-electron chi connectivity index (χ4n) is 3.46. The van der Waals surface area contributed by atoms with E-state index in [-0.39, 0.29) is 5.91 Å². The summed E-state index contributed by atoms with van der Waals surface area (Å²) in [4.78, 5) is 17.7. The lowest BCUT2D eigenvalue weighted by Gasteiger charge is -2.25. The van der Waals surface area contributed by atoms with E-state index in [1.807, 2.05) is 30.3 Å². The van der Waals surface area contributed by atoms with Gasteiger partial charge < -0.3 is 9.84 Å². The molecule has 1 aliphatic carbocycles. The van der Waals surface area contributed by atoms with Crippen molar-refractivity contribution in [1.29, 1.82) is 0 Å². The molecular weight excluding hydrogens is 332 g/mol. The molecule has 4 rings (SSSR count). The first-order valence-electron chi connectivity index (χ1n) is 8.73. The van der Waals surface area contributed by atoms with Crippen LogP contribution in [0.1, 0.15) is 50.0 Å². The van der Waals surface area contributed by atoms with Gasteiger partial charge in [0.2, 0.25) is 11.8 Å². The normalized spacial score (nSPS) is 15.9. The summed E-state index contributed by atoms with van der Waals surface area (Å²) >= 11 is 0. The number of carbonyl (C=O) groups is 1. The molecule has 26 heavy (non-hydrogen) atoms. The number of carbonyl (C=O) groups excluding carboxylic acids is 1. The molecule has 0 atom stereocenters. The molecule has 2 aromatic heterocycles. The van der Waals surface area contributed by atoms with E-state index in [0.717, 1.165) is 37.1 Å². The Kier molecular flexibility index (Phi) is 4.24. The first-order chi connectivity index (χ1) is 12.6. The Hall–Kier alpha value is -3.03. The quantitative estimate of drug-likeness (QED) is 0.755. The minimum absolute atomic E-state index is 0.0796. The first-order valence-corrected chi connectivity index (χ1v) is 8.73. The van der Waals surface area contributed by atoms with Gasteiger partial charge in [0.15, 0.2) is 5.82 Å². The Labute approximate surface area is 150 Å². The molecule has 8 nitrogen and oxygen atoms in total. The second kappa shape index (κ2) is 6.70. The maximum atomic E-state index is 11.6. The van der Waals surface area contributed by atoms with Gasteiger partial charge in [-0.1, -0.05) is 36.2 Å². The van der Waals surface area contributed by atoms with Gasteiger partial charge in [-0.25, -0.2) is 0 Å². The van der Waals surface area contributed by atoms with Gasteiger partial charge in [0.05, 0.1) is 24.0 Å². The zero-order valence-electron chi connectivity index (χ0n) is 14.6. The molecule has 0 bridgehead atoms. The van der Waals surface area contributed by atoms with Crippen molar-refractivity contribution < 1.29 is 9.32 Å². The van der Waals surface area contributed by atoms with Crippen molar-refractivity contribution >= 4 is 5.91 Å². The molecular formula is C18H20N6O2. The number of nitrogens with one attached hydrogen (secondary N) is 1. The zero-order chi connectivity index (χ0) is 18.0. The van der Waals surface area contributed by atoms with E-state index in [9.17, 15) is 4.79 Å². The van der Waals surface area contributed by atoms with Gasteiger partial charge in [-0.15, -0.1) is 0 Å². The topological polar surface area (TPSA) is 98.7 Å². The predicted octanol–water partition coefficient (Wildman–Crippen LogP) is 2.15. The molecule has 2 heterocycles. The minimum Gasteiger partial charge on any atom is -0.343 e. The van der Waals surface area contributed by atoms with Crippen LogP contribution in [0.25, 0.3) is 5.69 Å². The third-order valence-corrected chi connectivity index (χ3v) is 4.63. The average Bonchev–Trinajstić information content (AvgIpc) is 3.37. The van der Waals surface area contributed by atoms with Crippen LogP contribution in [0.15, 0.2) is 41.1 Å². The van der Waals surface area contributed by atoms with E-state index in [2.05, 4.69) is 25.7 Å². The molecule has 8 heteroatoms. The Morgan fingerprint density at radius 2 is 2.04 bits per heavy atom. The number of aromatic nitrogens is 5. The van der Waals surface area contributed by atoms with Crippen molar-refractivity contribution in [3.63, 3.8) is 0 Å². The molecule has 1 saturated carbocycles. The Morgan fingerprint density at radius 1 is 1.27 bits per heavy atom. The van der Waals surface area contributed by atoms with Crippen LogP contribution in [-0.4, -0.2) is 31.0 Å². The largest absolute Gasteiger partial charge is 0.343 e. The molecule has 1 amide bonds. The van der Waals surface area contributed by atoms with E-state index < -0.39 is 5.54 Å². The second-order valence-corrected chi connectivity index (χ2v) is 6.62. The van der Waals surface area contributed by atoms with Crippen LogP contribution < -0.4 is 5.32 Å². The van der Waals surface area contributed by atoms with Crippen LogP contribution in [0.4, 0.5) is 0 Å². The zero-order valence-corrected chi connectivity index (χ0v) is 14.6. The monoisotopic (exact) mass is 352 g/mol. The number of rotatable bonds is 5. The van der Waals surface area contributed by atoms with E-state index in [1.54, 1.807) is 11.0 Å². The molecule has 0 saturated heterocycles. The number of benzene rings is 1. The molecule has 0 radical (unpaired) electrons. The highest BCUT2D eigenvalue weighted by Gasteiger charge is 2.40. The van der Waals surface area contributed by atoms with Crippen LogP contribution in [0.3, 0.4) is 0 Å². The van der Waals surface area contributed by atoms with Crippen LogP contribution in [-0.2, 0) is 16.8 Å². The van der Waals surface area contributed by atoms with E-state index in [0.29, 0.717) is 18.1 Å². The van der Waals surface area contributed by atoms with E-state index >= 15 is 0 Å². The van der Waals surface area contributed by atoms with Gasteiger partial charge in [-0.3, -0.25) is 4.79 Å². The standard InChI is InChI=1S/C18H20N6O2/c1-13(25)21-18(9-5-6-10-18)17-20-16(26-23-17)11-14-12-19-24(22-14)15-7-3-2-4-8-15/h2-4,7-8,12H,5-6,9-11H2,1H3,(H,21,25). The fourth-order valence-corrected chi connectivity index (χ4v) is 3.46. The molecule has 0 spiro atoms. The lowest BCUT2D eigenvalue weighted by atomic mass is 9.96. The number of para-hydroxylation sites is 1. The van der Waals surface area contributed by atoms with Crippen molar-refractivity contribution in [2.24, 2.45) is 0 Å². The van der Waals surface area contributed by atoms with Crippen molar-refractivity contribution in [2.75, 3.05) is 0 Å². The predicted molar refractivity (Wildman–Crippen MR) is 92.4 cm³/mol. The molecule has 3 aromatic rings. The SMILES string of the molecule is CC(=O)NC1(c2noc(Cc3cnn(-c4ccccc4)n3)n2)CCCC1. The van der Waals surface area contributed by atoms with Crippen molar-refractivity contribution in [1.82, 2.24) is 30.5 Å². The summed E-state index contributed by atoms with van der Waals surface area (Å²) in [6.07, 6.45) is 5.82. The van der Waals surface area contributed by atoms with Crippen molar-refractivity contribution in [3.05, 3.63) is 53.9 Å². The molecule has 1 aliphatic rings. The maximum absolute atomic E-state index is 11.6. The highest BCUT2D eigenvalue weighted by Crippen LogP contribution is 2.37. The summed E-state index contributed by atoms with van der Waals surface area (Å²) in [5.41, 5.74) is 1.12. The van der Waals surface area contributed by atoms with Gasteiger partial charge in [-0.05, 0) is 25.0 Å². The van der Waals surface area contributed by atoms with Gasteiger partial charge in [0, 0.05) is 6.92 Å². The smallest absolute Gasteiger partial charge is 0.232 e. The molecule has 0 unspecified atom stereocenters. The van der Waals surface area contributed by atoms with E-state index in [1.165, 1.54) is 6.92 Å². The number of nitrogens with zero attached hydrogens (tertiary/aromatic N) is 5. The van der Waals surface area contributed by atoms with Crippen LogP contribution in [0.2, 0.25) is 0 Å². The summed E-state index contributed by atoms with van der Waals surface area (Å²) in [6, 6.07) is 9.69. The summed E-state index contributed by atoms with van der Waals surface area (Å²) in [5, 5.41) is 15.9. The lowest BCUT2D eigenvalue weighted by molar-refractivity contribution is -0.121. The summed E-state index contributed by atoms with van der Waals surface area (Å²) in [5.74, 6) is 0.941. The second-order valence-electron chi connectivity index (χ2n) is 6.62. The van der Waals surface area contributed by atoms with Crippen LogP contribution in [0.5, 0.6) is 0 Å². The third-order valence-electron chi connectivity index (χ3n) is 4.63. The Morgan fingerprint density at radius 3 is 2.77 bits per heavy atom. The van der Waals surface area contributed by atoms with Crippen molar-refractivity contribution in [2.45, 2.75) is 44.6 Å². The fraction of sp³-hybridized carbons (Fsp3) is 0.389. The molecule has 134 valence electrons. The summed E-state index contributed by atoms with van der Waals surface area (Å²) < 4.78 is 5.41. The van der Waals surface area contributed by atoms with E-state index in [4.69, 9.17) is 4.52 Å². The average molecular weight is 352 g/mol. The van der Waals surface area contributed by atoms with Crippen molar-refractivity contribution in [3.8, 4) is 5.69 Å². The Bertz CT molecular complexity index is 895. The van der Waals surface area contributed by atoms with Gasteiger partial charge in [0.1, 0.15) is 5.54 Å². The van der Waals surface area contributed by atoms with Crippen LogP contribution in [0, 0.1) is 0 Å². The van der Waals surface area contributed by atoms with Gasteiger partial charge in [0.25, 0.3) is 0 Å².